The molecule has 1 atom stereocenters. The number of rotatable bonds is 5. The van der Waals surface area contributed by atoms with Crippen LogP contribution in [0.15, 0.2) is 45.0 Å². The van der Waals surface area contributed by atoms with E-state index in [4.69, 9.17) is 27.7 Å². The van der Waals surface area contributed by atoms with Gasteiger partial charge in [0.25, 0.3) is 15.9 Å². The first-order valence-corrected chi connectivity index (χ1v) is 12.7. The Morgan fingerprint density at radius 2 is 1.88 bits per heavy atom. The van der Waals surface area contributed by atoms with Crippen LogP contribution in [0.1, 0.15) is 42.6 Å². The van der Waals surface area contributed by atoms with Crippen LogP contribution in [0.4, 0.5) is 5.82 Å². The summed E-state index contributed by atoms with van der Waals surface area (Å²) in [6.45, 7) is 8.06. The quantitative estimate of drug-likeness (QED) is 0.518. The van der Waals surface area contributed by atoms with Gasteiger partial charge in [0.2, 0.25) is 0 Å². The van der Waals surface area contributed by atoms with Crippen molar-refractivity contribution in [1.82, 2.24) is 19.2 Å². The van der Waals surface area contributed by atoms with Crippen LogP contribution in [-0.4, -0.2) is 40.1 Å². The van der Waals surface area contributed by atoms with Crippen LogP contribution in [0.25, 0.3) is 0 Å². The van der Waals surface area contributed by atoms with E-state index < -0.39 is 22.0 Å². The first-order valence-electron chi connectivity index (χ1n) is 10.5. The standard InChI is InChI=1S/C22H23Cl2N5O4S/c1-6-28(34(31,32)21-13(4)27-33-14(21)5)22(30)19-12(3)25-18-9-11(2)26-29(18)20(19)15-7-8-16(23)17(24)10-15/h7-10,20,25H,6H2,1-5H3. The Bertz CT molecular complexity index is 1420. The number of halogens is 2. The minimum Gasteiger partial charge on any atom is -0.360 e. The molecule has 1 N–H and O–H groups in total. The SMILES string of the molecule is CCN(C(=O)C1=C(C)Nc2cc(C)nn2C1c1ccc(Cl)c(Cl)c1)S(=O)(=O)c1c(C)noc1C. The van der Waals surface area contributed by atoms with Gasteiger partial charge in [-0.25, -0.2) is 17.4 Å². The molecule has 1 unspecified atom stereocenters. The number of nitrogens with zero attached hydrogens (tertiary/aromatic N) is 4. The van der Waals surface area contributed by atoms with Crippen LogP contribution in [-0.2, 0) is 14.8 Å². The molecule has 0 aliphatic carbocycles. The molecule has 4 rings (SSSR count). The lowest BCUT2D eigenvalue weighted by atomic mass is 9.95. The molecule has 0 radical (unpaired) electrons. The Balaban J connectivity index is 1.89. The number of likely N-dealkylation sites (N-methyl/N-ethyl adjacent to an activating group) is 1. The first kappa shape index (κ1) is 24.3. The summed E-state index contributed by atoms with van der Waals surface area (Å²) >= 11 is 12.4. The number of aromatic nitrogens is 3. The zero-order valence-corrected chi connectivity index (χ0v) is 21.5. The van der Waals surface area contributed by atoms with E-state index in [9.17, 15) is 13.2 Å². The summed E-state index contributed by atoms with van der Waals surface area (Å²) < 4.78 is 34.6. The minimum atomic E-state index is -4.25. The van der Waals surface area contributed by atoms with Crippen molar-refractivity contribution < 1.29 is 17.7 Å². The highest BCUT2D eigenvalue weighted by molar-refractivity contribution is 7.89. The molecule has 3 aromatic rings. The Hall–Kier alpha value is -2.82. The maximum Gasteiger partial charge on any atom is 0.272 e. The van der Waals surface area contributed by atoms with Crippen LogP contribution in [0.3, 0.4) is 0 Å². The number of amides is 1. The van der Waals surface area contributed by atoms with E-state index in [1.54, 1.807) is 36.7 Å². The van der Waals surface area contributed by atoms with Crippen molar-refractivity contribution in [2.75, 3.05) is 11.9 Å². The van der Waals surface area contributed by atoms with Crippen molar-refractivity contribution in [1.29, 1.82) is 0 Å². The highest BCUT2D eigenvalue weighted by atomic mass is 35.5. The molecular formula is C22H23Cl2N5O4S. The maximum absolute atomic E-state index is 14.0. The van der Waals surface area contributed by atoms with Crippen LogP contribution in [0.5, 0.6) is 0 Å². The number of aryl methyl sites for hydroxylation is 3. The fraction of sp³-hybridized carbons (Fsp3) is 0.318. The molecule has 2 aromatic heterocycles. The number of nitrogens with one attached hydrogen (secondary N) is 1. The van der Waals surface area contributed by atoms with Gasteiger partial charge in [0.1, 0.15) is 17.6 Å². The highest BCUT2D eigenvalue weighted by Gasteiger charge is 2.40. The number of fused-ring (bicyclic) bond motifs is 1. The van der Waals surface area contributed by atoms with E-state index >= 15 is 0 Å². The second-order valence-electron chi connectivity index (χ2n) is 7.98. The number of anilines is 1. The van der Waals surface area contributed by atoms with Crippen molar-refractivity contribution >= 4 is 45.0 Å². The van der Waals surface area contributed by atoms with Gasteiger partial charge in [-0.3, -0.25) is 4.79 Å². The molecule has 0 bridgehead atoms. The van der Waals surface area contributed by atoms with E-state index in [1.807, 2.05) is 13.0 Å². The van der Waals surface area contributed by atoms with Gasteiger partial charge in [0, 0.05) is 18.3 Å². The zero-order chi connectivity index (χ0) is 24.9. The molecule has 1 aromatic carbocycles. The molecule has 3 heterocycles. The van der Waals surface area contributed by atoms with E-state index in [0.29, 0.717) is 27.1 Å². The summed E-state index contributed by atoms with van der Waals surface area (Å²) in [5.41, 5.74) is 2.26. The van der Waals surface area contributed by atoms with Gasteiger partial charge < -0.3 is 9.84 Å². The van der Waals surface area contributed by atoms with Crippen LogP contribution in [0.2, 0.25) is 10.0 Å². The third-order valence-electron chi connectivity index (χ3n) is 5.61. The predicted octanol–water partition coefficient (Wildman–Crippen LogP) is 4.63. The molecule has 12 heteroatoms. The normalized spacial score (nSPS) is 15.8. The molecule has 0 spiro atoms. The van der Waals surface area contributed by atoms with Crippen molar-refractivity contribution in [3.63, 3.8) is 0 Å². The zero-order valence-electron chi connectivity index (χ0n) is 19.2. The first-order chi connectivity index (χ1) is 16.0. The summed E-state index contributed by atoms with van der Waals surface area (Å²) in [6, 6.07) is 6.13. The highest BCUT2D eigenvalue weighted by Crippen LogP contribution is 2.39. The molecule has 0 saturated heterocycles. The number of benzene rings is 1. The van der Waals surface area contributed by atoms with E-state index in [2.05, 4.69) is 15.6 Å². The second kappa shape index (κ2) is 8.75. The lowest BCUT2D eigenvalue weighted by Crippen LogP contribution is -2.42. The monoisotopic (exact) mass is 523 g/mol. The molecule has 34 heavy (non-hydrogen) atoms. The summed E-state index contributed by atoms with van der Waals surface area (Å²) in [5.74, 6) is 0.0869. The summed E-state index contributed by atoms with van der Waals surface area (Å²) in [7, 11) is -4.25. The molecule has 1 amide bonds. The van der Waals surface area contributed by atoms with Gasteiger partial charge in [0.15, 0.2) is 10.7 Å². The molecule has 180 valence electrons. The van der Waals surface area contributed by atoms with Crippen molar-refractivity contribution in [3.05, 3.63) is 68.3 Å². The maximum atomic E-state index is 14.0. The largest absolute Gasteiger partial charge is 0.360 e. The molecular weight excluding hydrogens is 501 g/mol. The van der Waals surface area contributed by atoms with E-state index in [-0.39, 0.29) is 28.5 Å². The number of sulfonamides is 1. The molecule has 1 aliphatic rings. The van der Waals surface area contributed by atoms with Crippen molar-refractivity contribution in [3.8, 4) is 0 Å². The molecule has 0 fully saturated rings. The lowest BCUT2D eigenvalue weighted by Gasteiger charge is -2.32. The summed E-state index contributed by atoms with van der Waals surface area (Å²) in [6.07, 6.45) is 0. The minimum absolute atomic E-state index is 0.0961. The van der Waals surface area contributed by atoms with Crippen LogP contribution < -0.4 is 5.32 Å². The summed E-state index contributed by atoms with van der Waals surface area (Å²) in [5, 5.41) is 12.1. The van der Waals surface area contributed by atoms with Gasteiger partial charge >= 0.3 is 0 Å². The number of hydrogen-bond acceptors (Lipinski definition) is 7. The fourth-order valence-electron chi connectivity index (χ4n) is 4.17. The second-order valence-corrected chi connectivity index (χ2v) is 10.6. The molecule has 9 nitrogen and oxygen atoms in total. The number of carbonyl (C=O) groups excluding carboxylic acids is 1. The Kier molecular flexibility index (Phi) is 6.26. The third-order valence-corrected chi connectivity index (χ3v) is 8.46. The van der Waals surface area contributed by atoms with Gasteiger partial charge in [-0.2, -0.15) is 5.10 Å². The van der Waals surface area contributed by atoms with E-state index in [0.717, 1.165) is 10.00 Å². The van der Waals surface area contributed by atoms with Crippen LogP contribution in [0, 0.1) is 20.8 Å². The average Bonchev–Trinajstić information content (AvgIpc) is 3.29. The molecule has 1 aliphatic heterocycles. The van der Waals surface area contributed by atoms with Gasteiger partial charge in [0.05, 0.1) is 21.3 Å². The Labute approximate surface area is 207 Å². The molecule has 0 saturated carbocycles. The Morgan fingerprint density at radius 3 is 2.47 bits per heavy atom. The van der Waals surface area contributed by atoms with E-state index in [1.165, 1.54) is 13.8 Å². The number of allylic oxidation sites excluding steroid dienone is 1. The van der Waals surface area contributed by atoms with Gasteiger partial charge in [-0.1, -0.05) is 34.4 Å². The number of hydrogen-bond donors (Lipinski definition) is 1. The average molecular weight is 524 g/mol. The van der Waals surface area contributed by atoms with Crippen molar-refractivity contribution in [2.24, 2.45) is 0 Å². The van der Waals surface area contributed by atoms with Crippen LogP contribution >= 0.6 is 23.2 Å². The Morgan fingerprint density at radius 1 is 1.18 bits per heavy atom. The van der Waals surface area contributed by atoms with Gasteiger partial charge in [-0.05, 0) is 52.3 Å². The van der Waals surface area contributed by atoms with Gasteiger partial charge in [-0.15, -0.1) is 0 Å². The smallest absolute Gasteiger partial charge is 0.272 e. The predicted molar refractivity (Wildman–Crippen MR) is 128 cm³/mol. The fourth-order valence-corrected chi connectivity index (χ4v) is 6.17. The lowest BCUT2D eigenvalue weighted by molar-refractivity contribution is -0.123. The van der Waals surface area contributed by atoms with Crippen molar-refractivity contribution in [2.45, 2.75) is 45.6 Å². The topological polar surface area (TPSA) is 110 Å². The summed E-state index contributed by atoms with van der Waals surface area (Å²) in [4.78, 5) is 13.8. The third kappa shape index (κ3) is 3.89. The number of carbonyl (C=O) groups is 1.